The van der Waals surface area contributed by atoms with Gasteiger partial charge in [-0.3, -0.25) is 0 Å². The molecule has 0 radical (unpaired) electrons. The van der Waals surface area contributed by atoms with E-state index in [2.05, 4.69) is 22.4 Å². The summed E-state index contributed by atoms with van der Waals surface area (Å²) in [6.07, 6.45) is 4.49. The van der Waals surface area contributed by atoms with E-state index in [1.807, 2.05) is 24.5 Å². The maximum atomic E-state index is 13.1. The number of fused-ring (bicyclic) bond motifs is 1. The van der Waals surface area contributed by atoms with Crippen LogP contribution in [0.5, 0.6) is 0 Å². The maximum Gasteiger partial charge on any atom is 0.123 e. The molecule has 0 aliphatic heterocycles. The number of benzene rings is 1. The third kappa shape index (κ3) is 1.88. The Balaban J connectivity index is 2.03. The normalized spacial score (nSPS) is 11.0. The zero-order valence-electron chi connectivity index (χ0n) is 10.1. The summed E-state index contributed by atoms with van der Waals surface area (Å²) in [5.41, 5.74) is 3.23. The molecular formula is C15H13FN2. The fourth-order valence-electron chi connectivity index (χ4n) is 2.18. The lowest BCUT2D eigenvalue weighted by Crippen LogP contribution is -1.97. The van der Waals surface area contributed by atoms with Crippen molar-refractivity contribution in [2.24, 2.45) is 0 Å². The molecule has 0 atom stereocenters. The molecule has 0 aliphatic rings. The Hall–Kier alpha value is -2.16. The molecule has 3 rings (SSSR count). The van der Waals surface area contributed by atoms with Gasteiger partial charge in [0.15, 0.2) is 0 Å². The highest BCUT2D eigenvalue weighted by atomic mass is 19.1. The molecule has 2 nitrogen and oxygen atoms in total. The van der Waals surface area contributed by atoms with E-state index in [1.165, 1.54) is 11.6 Å². The molecule has 0 spiro atoms. The lowest BCUT2D eigenvalue weighted by atomic mass is 10.1. The summed E-state index contributed by atoms with van der Waals surface area (Å²) >= 11 is 0. The second-order valence-electron chi connectivity index (χ2n) is 4.43. The minimum absolute atomic E-state index is 0.204. The van der Waals surface area contributed by atoms with E-state index in [4.69, 9.17) is 0 Å². The molecule has 0 fully saturated rings. The average molecular weight is 240 g/mol. The van der Waals surface area contributed by atoms with Gasteiger partial charge in [0.05, 0.1) is 11.7 Å². The molecule has 2 aromatic heterocycles. The van der Waals surface area contributed by atoms with Crippen LogP contribution in [0.4, 0.5) is 4.39 Å². The molecule has 90 valence electrons. The third-order valence-corrected chi connectivity index (χ3v) is 3.11. The van der Waals surface area contributed by atoms with Crippen molar-refractivity contribution in [3.8, 4) is 0 Å². The molecular weight excluding hydrogens is 227 g/mol. The van der Waals surface area contributed by atoms with Crippen LogP contribution < -0.4 is 0 Å². The molecule has 3 aromatic rings. The van der Waals surface area contributed by atoms with Gasteiger partial charge in [0, 0.05) is 12.6 Å². The fourth-order valence-corrected chi connectivity index (χ4v) is 2.18. The summed E-state index contributed by atoms with van der Waals surface area (Å²) in [5, 5.41) is 0. The van der Waals surface area contributed by atoms with Gasteiger partial charge in [-0.1, -0.05) is 18.2 Å². The van der Waals surface area contributed by atoms with E-state index in [1.54, 1.807) is 12.1 Å². The molecule has 3 heteroatoms. The smallest absolute Gasteiger partial charge is 0.123 e. The van der Waals surface area contributed by atoms with Gasteiger partial charge in [0.2, 0.25) is 0 Å². The van der Waals surface area contributed by atoms with Crippen molar-refractivity contribution in [3.05, 3.63) is 71.6 Å². The number of aromatic nitrogens is 2. The first kappa shape index (κ1) is 11.0. The SMILES string of the molecule is Cc1cccn2c(Cc3cccc(F)c3)ncc12. The number of hydrogen-bond donors (Lipinski definition) is 0. The quantitative estimate of drug-likeness (QED) is 0.671. The fraction of sp³-hybridized carbons (Fsp3) is 0.133. The van der Waals surface area contributed by atoms with Crippen molar-refractivity contribution in [1.82, 2.24) is 9.38 Å². The van der Waals surface area contributed by atoms with Gasteiger partial charge in [-0.25, -0.2) is 9.37 Å². The van der Waals surface area contributed by atoms with Gasteiger partial charge < -0.3 is 4.40 Å². The van der Waals surface area contributed by atoms with Crippen LogP contribution in [0.2, 0.25) is 0 Å². The molecule has 0 amide bonds. The zero-order valence-corrected chi connectivity index (χ0v) is 10.1. The topological polar surface area (TPSA) is 17.3 Å². The summed E-state index contributed by atoms with van der Waals surface area (Å²) in [6.45, 7) is 2.06. The van der Waals surface area contributed by atoms with Gasteiger partial charge in [0.1, 0.15) is 11.6 Å². The summed E-state index contributed by atoms with van der Waals surface area (Å²) in [4.78, 5) is 4.42. The number of hydrogen-bond acceptors (Lipinski definition) is 1. The van der Waals surface area contributed by atoms with Crippen molar-refractivity contribution in [3.63, 3.8) is 0 Å². The second-order valence-corrected chi connectivity index (χ2v) is 4.43. The molecule has 18 heavy (non-hydrogen) atoms. The standard InChI is InChI=1S/C15H13FN2/c1-11-4-3-7-18-14(11)10-17-15(18)9-12-5-2-6-13(16)8-12/h2-8,10H,9H2,1H3. The van der Waals surface area contributed by atoms with Gasteiger partial charge in [0.25, 0.3) is 0 Å². The highest BCUT2D eigenvalue weighted by Gasteiger charge is 2.06. The average Bonchev–Trinajstić information content (AvgIpc) is 2.74. The molecule has 2 heterocycles. The van der Waals surface area contributed by atoms with Crippen molar-refractivity contribution >= 4 is 5.52 Å². The number of pyridine rings is 1. The number of rotatable bonds is 2. The second kappa shape index (κ2) is 4.26. The van der Waals surface area contributed by atoms with E-state index in [0.717, 1.165) is 16.9 Å². The minimum atomic E-state index is -0.204. The predicted molar refractivity (Wildman–Crippen MR) is 69.1 cm³/mol. The van der Waals surface area contributed by atoms with E-state index in [-0.39, 0.29) is 5.82 Å². The minimum Gasteiger partial charge on any atom is -0.303 e. The predicted octanol–water partition coefficient (Wildman–Crippen LogP) is 3.37. The molecule has 0 N–H and O–H groups in total. The third-order valence-electron chi connectivity index (χ3n) is 3.11. The van der Waals surface area contributed by atoms with Gasteiger partial charge in [-0.15, -0.1) is 0 Å². The number of nitrogens with zero attached hydrogens (tertiary/aromatic N) is 2. The monoisotopic (exact) mass is 240 g/mol. The van der Waals surface area contributed by atoms with Crippen LogP contribution in [-0.4, -0.2) is 9.38 Å². The number of aryl methyl sites for hydroxylation is 1. The van der Waals surface area contributed by atoms with Crippen molar-refractivity contribution in [2.75, 3.05) is 0 Å². The zero-order chi connectivity index (χ0) is 12.5. The van der Waals surface area contributed by atoms with Crippen LogP contribution in [0.3, 0.4) is 0 Å². The van der Waals surface area contributed by atoms with Crippen LogP contribution >= 0.6 is 0 Å². The van der Waals surface area contributed by atoms with Crippen LogP contribution in [0.1, 0.15) is 17.0 Å². The summed E-state index contributed by atoms with van der Waals surface area (Å²) in [7, 11) is 0. The first-order valence-electron chi connectivity index (χ1n) is 5.90. The van der Waals surface area contributed by atoms with Gasteiger partial charge in [-0.05, 0) is 36.2 Å². The first-order valence-corrected chi connectivity index (χ1v) is 5.90. The lowest BCUT2D eigenvalue weighted by molar-refractivity contribution is 0.625. The Morgan fingerprint density at radius 3 is 2.94 bits per heavy atom. The summed E-state index contributed by atoms with van der Waals surface area (Å²) in [5.74, 6) is 0.726. The molecule has 0 unspecified atom stereocenters. The van der Waals surface area contributed by atoms with Crippen molar-refractivity contribution < 1.29 is 4.39 Å². The lowest BCUT2D eigenvalue weighted by Gasteiger charge is -2.03. The molecule has 0 aliphatic carbocycles. The van der Waals surface area contributed by atoms with E-state index in [0.29, 0.717) is 6.42 Å². The van der Waals surface area contributed by atoms with E-state index < -0.39 is 0 Å². The van der Waals surface area contributed by atoms with Gasteiger partial charge in [-0.2, -0.15) is 0 Å². The molecule has 0 saturated heterocycles. The van der Waals surface area contributed by atoms with Crippen LogP contribution in [0.15, 0.2) is 48.8 Å². The van der Waals surface area contributed by atoms with Crippen LogP contribution in [0, 0.1) is 12.7 Å². The number of imidazole rings is 1. The maximum absolute atomic E-state index is 13.1. The van der Waals surface area contributed by atoms with Crippen LogP contribution in [-0.2, 0) is 6.42 Å². The molecule has 0 bridgehead atoms. The molecule has 0 saturated carbocycles. The van der Waals surface area contributed by atoms with Crippen molar-refractivity contribution in [1.29, 1.82) is 0 Å². The molecule has 1 aromatic carbocycles. The van der Waals surface area contributed by atoms with Gasteiger partial charge >= 0.3 is 0 Å². The van der Waals surface area contributed by atoms with Crippen molar-refractivity contribution in [2.45, 2.75) is 13.3 Å². The van der Waals surface area contributed by atoms with E-state index in [9.17, 15) is 4.39 Å². The Morgan fingerprint density at radius 1 is 1.22 bits per heavy atom. The number of halogens is 1. The van der Waals surface area contributed by atoms with E-state index >= 15 is 0 Å². The highest BCUT2D eigenvalue weighted by Crippen LogP contribution is 2.15. The Kier molecular flexibility index (Phi) is 2.59. The first-order chi connectivity index (χ1) is 8.74. The highest BCUT2D eigenvalue weighted by molar-refractivity contribution is 5.53. The Labute approximate surface area is 105 Å². The Morgan fingerprint density at radius 2 is 2.11 bits per heavy atom. The largest absolute Gasteiger partial charge is 0.303 e. The summed E-state index contributed by atoms with van der Waals surface area (Å²) in [6, 6.07) is 10.7. The van der Waals surface area contributed by atoms with Crippen LogP contribution in [0.25, 0.3) is 5.52 Å². The Bertz CT molecular complexity index is 701. The summed E-state index contributed by atoms with van der Waals surface area (Å²) < 4.78 is 15.2.